The highest BCUT2D eigenvalue weighted by Crippen LogP contribution is 2.42. The second-order valence-electron chi connectivity index (χ2n) is 12.5. The number of likely N-dealkylation sites (tertiary alicyclic amines) is 1. The summed E-state index contributed by atoms with van der Waals surface area (Å²) in [6, 6.07) is 6.17. The highest BCUT2D eigenvalue weighted by Gasteiger charge is 2.46. The van der Waals surface area contributed by atoms with E-state index >= 15 is 0 Å². The molecule has 0 saturated carbocycles. The number of alkyl halides is 3. The van der Waals surface area contributed by atoms with Gasteiger partial charge in [-0.25, -0.2) is 22.9 Å². The van der Waals surface area contributed by atoms with Gasteiger partial charge in [0.1, 0.15) is 5.69 Å². The molecule has 1 spiro atoms. The summed E-state index contributed by atoms with van der Waals surface area (Å²) in [6.07, 6.45) is -1.14. The van der Waals surface area contributed by atoms with Crippen LogP contribution < -0.4 is 4.90 Å². The number of aliphatic imine (C=N–C) groups is 1. The van der Waals surface area contributed by atoms with Gasteiger partial charge < -0.3 is 14.5 Å². The van der Waals surface area contributed by atoms with Crippen molar-refractivity contribution in [3.63, 3.8) is 0 Å². The molecule has 1 aromatic carbocycles. The molecule has 14 heteroatoms. The Labute approximate surface area is 255 Å². The van der Waals surface area contributed by atoms with Crippen LogP contribution in [0.15, 0.2) is 29.3 Å². The summed E-state index contributed by atoms with van der Waals surface area (Å²) in [5.74, 6) is 1.11. The Morgan fingerprint density at radius 3 is 2.61 bits per heavy atom. The molecule has 1 unspecified atom stereocenters. The molecule has 3 fully saturated rings. The quantitative estimate of drug-likeness (QED) is 0.287. The molecule has 0 N–H and O–H groups in total. The van der Waals surface area contributed by atoms with E-state index < -0.39 is 21.6 Å². The third kappa shape index (κ3) is 6.29. The van der Waals surface area contributed by atoms with E-state index in [2.05, 4.69) is 9.80 Å². The van der Waals surface area contributed by atoms with Crippen molar-refractivity contribution in [3.8, 4) is 0 Å². The number of imidazole rings is 1. The number of aromatic nitrogens is 3. The first kappa shape index (κ1) is 30.8. The van der Waals surface area contributed by atoms with Crippen molar-refractivity contribution in [3.05, 3.63) is 52.3 Å². The third-order valence-electron chi connectivity index (χ3n) is 8.96. The zero-order valence-electron chi connectivity index (χ0n) is 25.3. The number of fused-ring (bicyclic) bond motifs is 1. The monoisotopic (exact) mass is 633 g/mol. The lowest BCUT2D eigenvalue weighted by atomic mass is 9.87. The van der Waals surface area contributed by atoms with Gasteiger partial charge in [0.05, 0.1) is 48.0 Å². The average molecular weight is 634 g/mol. The predicted molar refractivity (Wildman–Crippen MR) is 162 cm³/mol. The number of hydrogen-bond acceptors (Lipinski definition) is 8. The fraction of sp³-hybridized carbons (Fsp3) is 0.567. The van der Waals surface area contributed by atoms with E-state index in [4.69, 9.17) is 19.8 Å². The molecule has 44 heavy (non-hydrogen) atoms. The molecule has 1 atom stereocenters. The summed E-state index contributed by atoms with van der Waals surface area (Å²) < 4.78 is 73.5. The first-order valence-electron chi connectivity index (χ1n) is 14.9. The number of rotatable bonds is 7. The summed E-state index contributed by atoms with van der Waals surface area (Å²) in [6.45, 7) is 5.73. The average Bonchev–Trinajstić information content (AvgIpc) is 3.62. The molecule has 0 aliphatic carbocycles. The number of anilines is 1. The molecule has 3 saturated heterocycles. The summed E-state index contributed by atoms with van der Waals surface area (Å²) in [5.41, 5.74) is 2.32. The fourth-order valence-corrected chi connectivity index (χ4v) is 8.85. The Balaban J connectivity index is 1.46. The van der Waals surface area contributed by atoms with Crippen LogP contribution in [0.3, 0.4) is 0 Å². The van der Waals surface area contributed by atoms with Gasteiger partial charge in [0, 0.05) is 52.8 Å². The van der Waals surface area contributed by atoms with Gasteiger partial charge in [0.2, 0.25) is 0 Å². The summed E-state index contributed by atoms with van der Waals surface area (Å²) >= 11 is 0. The number of sulfone groups is 1. The summed E-state index contributed by atoms with van der Waals surface area (Å²) in [5, 5.41) is 4.99. The number of ether oxygens (including phenoxy) is 1. The van der Waals surface area contributed by atoms with Gasteiger partial charge >= 0.3 is 6.18 Å². The zero-order chi connectivity index (χ0) is 31.3. The predicted octanol–water partition coefficient (Wildman–Crippen LogP) is 3.72. The molecule has 0 amide bonds. The molecule has 5 heterocycles. The third-order valence-corrected chi connectivity index (χ3v) is 10.8. The van der Waals surface area contributed by atoms with Crippen molar-refractivity contribution in [1.82, 2.24) is 24.4 Å². The van der Waals surface area contributed by atoms with Crippen LogP contribution in [-0.4, -0.2) is 104 Å². The van der Waals surface area contributed by atoms with Crippen molar-refractivity contribution >= 4 is 33.3 Å². The van der Waals surface area contributed by atoms with Crippen LogP contribution in [0.2, 0.25) is 0 Å². The van der Waals surface area contributed by atoms with Crippen molar-refractivity contribution in [2.75, 3.05) is 69.9 Å². The van der Waals surface area contributed by atoms with E-state index in [0.717, 1.165) is 19.0 Å². The highest BCUT2D eigenvalue weighted by molar-refractivity contribution is 7.91. The second kappa shape index (κ2) is 11.6. The Morgan fingerprint density at radius 2 is 1.93 bits per heavy atom. The molecule has 6 rings (SSSR count). The maximum absolute atomic E-state index is 13.9. The Morgan fingerprint density at radius 1 is 1.16 bits per heavy atom. The lowest BCUT2D eigenvalue weighted by Crippen LogP contribution is -2.37. The number of halogens is 3. The van der Waals surface area contributed by atoms with Crippen molar-refractivity contribution in [1.29, 1.82) is 0 Å². The Kier molecular flexibility index (Phi) is 8.12. The highest BCUT2D eigenvalue weighted by atomic mass is 32.2. The molecular formula is C30H38F3N7O3S. The van der Waals surface area contributed by atoms with Crippen LogP contribution >= 0.6 is 0 Å². The lowest BCUT2D eigenvalue weighted by Gasteiger charge is -2.28. The molecule has 10 nitrogen and oxygen atoms in total. The second-order valence-corrected chi connectivity index (χ2v) is 14.7. The van der Waals surface area contributed by atoms with Gasteiger partial charge in [-0.1, -0.05) is 12.1 Å². The normalized spacial score (nSPS) is 22.6. The number of benzene rings is 1. The SMILES string of the molecule is Cc1c(Cc2c(CN3CCC4(CCS(=O)(=O)C4)C3)nc3c(N=CN(C)C)cc(N4CCOCC4)nn23)cccc1C(F)(F)F. The minimum Gasteiger partial charge on any atom is -0.378 e. The summed E-state index contributed by atoms with van der Waals surface area (Å²) in [4.78, 5) is 15.9. The van der Waals surface area contributed by atoms with Crippen molar-refractivity contribution < 1.29 is 26.3 Å². The minimum absolute atomic E-state index is 0.173. The molecular weight excluding hydrogens is 595 g/mol. The molecule has 3 aromatic rings. The lowest BCUT2D eigenvalue weighted by molar-refractivity contribution is -0.138. The summed E-state index contributed by atoms with van der Waals surface area (Å²) in [7, 11) is 0.701. The Bertz CT molecular complexity index is 1680. The van der Waals surface area contributed by atoms with E-state index in [1.54, 1.807) is 16.9 Å². The number of nitrogens with zero attached hydrogens (tertiary/aromatic N) is 7. The van der Waals surface area contributed by atoms with Gasteiger partial charge in [-0.2, -0.15) is 13.2 Å². The standard InChI is InChI=1S/C30H38F3N7O3S/c1-21-22(5-4-6-23(21)30(31,32)33)15-26-25(17-38-9-7-29(18-38)8-14-44(41,42)19-29)35-28-24(34-20-37(2)3)16-27(36-40(26)28)39-10-12-43-13-11-39/h4-6,16,20H,7-15,17-19H2,1-3H3. The minimum atomic E-state index is -4.47. The van der Waals surface area contributed by atoms with E-state index in [1.165, 1.54) is 13.0 Å². The van der Waals surface area contributed by atoms with E-state index in [-0.39, 0.29) is 28.9 Å². The first-order valence-corrected chi connectivity index (χ1v) is 16.7. The molecule has 238 valence electrons. The maximum Gasteiger partial charge on any atom is 0.416 e. The number of hydrogen-bond donors (Lipinski definition) is 0. The van der Waals surface area contributed by atoms with Crippen molar-refractivity contribution in [2.24, 2.45) is 10.4 Å². The maximum atomic E-state index is 13.9. The topological polar surface area (TPSA) is 95.6 Å². The van der Waals surface area contributed by atoms with E-state index in [1.807, 2.05) is 25.1 Å². The number of morpholine rings is 1. The van der Waals surface area contributed by atoms with E-state index in [9.17, 15) is 21.6 Å². The van der Waals surface area contributed by atoms with Gasteiger partial charge in [-0.3, -0.25) is 4.90 Å². The Hall–Kier alpha value is -3.23. The molecule has 0 bridgehead atoms. The molecule has 2 aromatic heterocycles. The zero-order valence-corrected chi connectivity index (χ0v) is 26.1. The smallest absolute Gasteiger partial charge is 0.378 e. The van der Waals surface area contributed by atoms with Crippen LogP contribution in [0.1, 0.15) is 40.9 Å². The van der Waals surface area contributed by atoms with Gasteiger partial charge in [-0.15, -0.1) is 5.10 Å². The largest absolute Gasteiger partial charge is 0.416 e. The van der Waals surface area contributed by atoms with Gasteiger partial charge in [0.25, 0.3) is 0 Å². The van der Waals surface area contributed by atoms with Crippen LogP contribution in [0.4, 0.5) is 24.7 Å². The van der Waals surface area contributed by atoms with Crippen LogP contribution in [0.25, 0.3) is 5.65 Å². The van der Waals surface area contributed by atoms with Crippen molar-refractivity contribution in [2.45, 2.75) is 38.9 Å². The molecule has 3 aliphatic heterocycles. The van der Waals surface area contributed by atoms with Gasteiger partial charge in [-0.05, 0) is 48.9 Å². The van der Waals surface area contributed by atoms with Crippen LogP contribution in [0.5, 0.6) is 0 Å². The molecule has 3 aliphatic rings. The fourth-order valence-electron chi connectivity index (χ4n) is 6.65. The molecule has 0 radical (unpaired) electrons. The van der Waals surface area contributed by atoms with E-state index in [0.29, 0.717) is 79.9 Å². The van der Waals surface area contributed by atoms with Gasteiger partial charge in [0.15, 0.2) is 21.3 Å². The first-order chi connectivity index (χ1) is 20.8. The van der Waals surface area contributed by atoms with Crippen LogP contribution in [-0.2, 0) is 33.7 Å². The van der Waals surface area contributed by atoms with Crippen LogP contribution in [0, 0.1) is 12.3 Å².